The van der Waals surface area contributed by atoms with Crippen LogP contribution in [0.15, 0.2) is 29.4 Å². The predicted octanol–water partition coefficient (Wildman–Crippen LogP) is 0.474. The van der Waals surface area contributed by atoms with Crippen molar-refractivity contribution in [3.05, 3.63) is 24.4 Å². The fourth-order valence-corrected chi connectivity index (χ4v) is 4.89. The number of nitrogens with zero attached hydrogens (tertiary/aromatic N) is 2. The van der Waals surface area contributed by atoms with Gasteiger partial charge in [0.2, 0.25) is 5.91 Å². The van der Waals surface area contributed by atoms with Crippen LogP contribution < -0.4 is 11.1 Å². The molecule has 8 nitrogen and oxygen atoms in total. The maximum absolute atomic E-state index is 12.9. The summed E-state index contributed by atoms with van der Waals surface area (Å²) in [6.45, 7) is 5.65. The molecule has 2 heterocycles. The second kappa shape index (κ2) is 9.09. The molecule has 2 rings (SSSR count). The van der Waals surface area contributed by atoms with Crippen LogP contribution in [-0.2, 0) is 14.8 Å². The maximum Gasteiger partial charge on any atom is 0.260 e. The van der Waals surface area contributed by atoms with Gasteiger partial charge in [-0.05, 0) is 44.2 Å². The highest BCUT2D eigenvalue weighted by atomic mass is 32.2. The molecule has 4 atom stereocenters. The first-order valence-electron chi connectivity index (χ1n) is 9.29. The molecule has 0 aliphatic carbocycles. The van der Waals surface area contributed by atoms with Crippen molar-refractivity contribution in [2.45, 2.75) is 69.3 Å². The van der Waals surface area contributed by atoms with Crippen molar-refractivity contribution in [1.82, 2.24) is 14.6 Å². The lowest BCUT2D eigenvalue weighted by atomic mass is 10.0. The van der Waals surface area contributed by atoms with Crippen molar-refractivity contribution < 1.29 is 18.3 Å². The minimum Gasteiger partial charge on any atom is -0.390 e. The predicted molar refractivity (Wildman–Crippen MR) is 102 cm³/mol. The van der Waals surface area contributed by atoms with Crippen molar-refractivity contribution in [3.8, 4) is 0 Å². The Balaban J connectivity index is 2.12. The molecule has 4 N–H and O–H groups in total. The largest absolute Gasteiger partial charge is 0.390 e. The second-order valence-electron chi connectivity index (χ2n) is 7.59. The number of aliphatic hydroxyl groups is 1. The molecule has 0 bridgehead atoms. The third kappa shape index (κ3) is 5.47. The molecule has 1 aliphatic rings. The Hall–Kier alpha value is -1.55. The SMILES string of the molecule is CC(C)C[C@H](N)C(=O)N[C@H]1CC[C@@H](C)N(S(=O)(=O)c2ccccn2)CC1O. The molecule has 27 heavy (non-hydrogen) atoms. The number of amides is 1. The summed E-state index contributed by atoms with van der Waals surface area (Å²) >= 11 is 0. The van der Waals surface area contributed by atoms with Crippen LogP contribution >= 0.6 is 0 Å². The summed E-state index contributed by atoms with van der Waals surface area (Å²) in [5, 5.41) is 13.3. The van der Waals surface area contributed by atoms with Gasteiger partial charge in [-0.2, -0.15) is 4.31 Å². The van der Waals surface area contributed by atoms with Crippen LogP contribution in [0.25, 0.3) is 0 Å². The van der Waals surface area contributed by atoms with E-state index in [-0.39, 0.29) is 29.4 Å². The van der Waals surface area contributed by atoms with E-state index >= 15 is 0 Å². The van der Waals surface area contributed by atoms with Crippen LogP contribution in [0.4, 0.5) is 0 Å². The Labute approximate surface area is 161 Å². The summed E-state index contributed by atoms with van der Waals surface area (Å²) in [6.07, 6.45) is 1.92. The molecule has 9 heteroatoms. The molecular weight excluding hydrogens is 368 g/mol. The van der Waals surface area contributed by atoms with Crippen LogP contribution in [0.2, 0.25) is 0 Å². The summed E-state index contributed by atoms with van der Waals surface area (Å²) in [6, 6.07) is 3.18. The van der Waals surface area contributed by atoms with Gasteiger partial charge in [0, 0.05) is 18.8 Å². The van der Waals surface area contributed by atoms with Crippen molar-refractivity contribution in [1.29, 1.82) is 0 Å². The minimum atomic E-state index is -3.83. The number of carbonyl (C=O) groups excluding carboxylic acids is 1. The lowest BCUT2D eigenvalue weighted by Crippen LogP contribution is -2.52. The van der Waals surface area contributed by atoms with Gasteiger partial charge in [-0.25, -0.2) is 13.4 Å². The van der Waals surface area contributed by atoms with Gasteiger partial charge in [0.1, 0.15) is 0 Å². The topological polar surface area (TPSA) is 126 Å². The lowest BCUT2D eigenvalue weighted by Gasteiger charge is -2.28. The van der Waals surface area contributed by atoms with E-state index in [1.165, 1.54) is 16.6 Å². The first-order valence-corrected chi connectivity index (χ1v) is 10.7. The van der Waals surface area contributed by atoms with E-state index in [0.717, 1.165) is 0 Å². The second-order valence-corrected chi connectivity index (χ2v) is 9.42. The van der Waals surface area contributed by atoms with Gasteiger partial charge in [0.05, 0.1) is 18.2 Å². The van der Waals surface area contributed by atoms with Crippen LogP contribution in [0, 0.1) is 5.92 Å². The zero-order chi connectivity index (χ0) is 20.2. The molecule has 1 aromatic heterocycles. The Morgan fingerprint density at radius 2 is 2.11 bits per heavy atom. The van der Waals surface area contributed by atoms with Gasteiger partial charge in [0.25, 0.3) is 10.0 Å². The van der Waals surface area contributed by atoms with Gasteiger partial charge >= 0.3 is 0 Å². The molecule has 0 spiro atoms. The van der Waals surface area contributed by atoms with Crippen LogP contribution in [0.5, 0.6) is 0 Å². The molecule has 0 aromatic carbocycles. The highest BCUT2D eigenvalue weighted by Crippen LogP contribution is 2.24. The highest BCUT2D eigenvalue weighted by molar-refractivity contribution is 7.89. The summed E-state index contributed by atoms with van der Waals surface area (Å²) in [5.74, 6) is -0.0368. The number of carbonyl (C=O) groups is 1. The minimum absolute atomic E-state index is 0.0505. The fourth-order valence-electron chi connectivity index (χ4n) is 3.28. The number of aromatic nitrogens is 1. The summed E-state index contributed by atoms with van der Waals surface area (Å²) in [5.41, 5.74) is 5.91. The molecule has 1 amide bonds. The number of nitrogens with one attached hydrogen (secondary N) is 1. The zero-order valence-corrected chi connectivity index (χ0v) is 16.9. The smallest absolute Gasteiger partial charge is 0.260 e. The Morgan fingerprint density at radius 3 is 2.70 bits per heavy atom. The number of β-amino-alcohol motifs (C(OH)–C–C–N with tert-alkyl or cyclic N) is 1. The van der Waals surface area contributed by atoms with E-state index < -0.39 is 28.2 Å². The van der Waals surface area contributed by atoms with E-state index in [0.29, 0.717) is 19.3 Å². The standard InChI is InChI=1S/C18H30N4O4S/c1-12(2)10-14(19)18(24)21-15-8-7-13(3)22(11-16(15)23)27(25,26)17-6-4-5-9-20-17/h4-6,9,12-16,23H,7-8,10-11,19H2,1-3H3,(H,21,24)/t13-,14+,15+,16?/m1/s1. The molecule has 1 aromatic rings. The monoisotopic (exact) mass is 398 g/mol. The number of nitrogens with two attached hydrogens (primary N) is 1. The Morgan fingerprint density at radius 1 is 1.41 bits per heavy atom. The summed E-state index contributed by atoms with van der Waals surface area (Å²) in [4.78, 5) is 16.2. The van der Waals surface area contributed by atoms with Gasteiger partial charge in [-0.3, -0.25) is 4.79 Å². The van der Waals surface area contributed by atoms with Crippen LogP contribution in [0.1, 0.15) is 40.0 Å². The van der Waals surface area contributed by atoms with E-state index in [4.69, 9.17) is 5.73 Å². The number of aliphatic hydroxyl groups excluding tert-OH is 1. The first kappa shape index (κ1) is 21.7. The normalized spacial score (nSPS) is 25.8. The van der Waals surface area contributed by atoms with Crippen molar-refractivity contribution in [2.24, 2.45) is 11.7 Å². The van der Waals surface area contributed by atoms with Crippen molar-refractivity contribution in [2.75, 3.05) is 6.54 Å². The molecule has 0 saturated carbocycles. The maximum atomic E-state index is 12.9. The molecular formula is C18H30N4O4S. The number of pyridine rings is 1. The van der Waals surface area contributed by atoms with Crippen molar-refractivity contribution >= 4 is 15.9 Å². The van der Waals surface area contributed by atoms with Crippen molar-refractivity contribution in [3.63, 3.8) is 0 Å². The lowest BCUT2D eigenvalue weighted by molar-refractivity contribution is -0.124. The van der Waals surface area contributed by atoms with E-state index in [1.54, 1.807) is 19.1 Å². The van der Waals surface area contributed by atoms with Gasteiger partial charge in [-0.15, -0.1) is 0 Å². The summed E-state index contributed by atoms with van der Waals surface area (Å²) < 4.78 is 27.1. The number of rotatable bonds is 6. The molecule has 1 fully saturated rings. The van der Waals surface area contributed by atoms with E-state index in [9.17, 15) is 18.3 Å². The molecule has 1 unspecified atom stereocenters. The fraction of sp³-hybridized carbons (Fsp3) is 0.667. The average molecular weight is 399 g/mol. The Bertz CT molecular complexity index is 726. The number of hydrogen-bond donors (Lipinski definition) is 3. The highest BCUT2D eigenvalue weighted by Gasteiger charge is 2.37. The third-order valence-corrected chi connectivity index (χ3v) is 6.72. The molecule has 0 radical (unpaired) electrons. The average Bonchev–Trinajstić information content (AvgIpc) is 2.75. The van der Waals surface area contributed by atoms with Gasteiger partial charge < -0.3 is 16.2 Å². The van der Waals surface area contributed by atoms with Crippen LogP contribution in [-0.4, -0.2) is 59.5 Å². The zero-order valence-electron chi connectivity index (χ0n) is 16.1. The first-order chi connectivity index (χ1) is 12.6. The number of sulfonamides is 1. The third-order valence-electron chi connectivity index (χ3n) is 4.82. The van der Waals surface area contributed by atoms with E-state index in [2.05, 4.69) is 10.3 Å². The molecule has 1 saturated heterocycles. The van der Waals surface area contributed by atoms with Crippen LogP contribution in [0.3, 0.4) is 0 Å². The molecule has 1 aliphatic heterocycles. The Kier molecular flexibility index (Phi) is 7.32. The molecule has 152 valence electrons. The van der Waals surface area contributed by atoms with Gasteiger partial charge in [0.15, 0.2) is 5.03 Å². The number of hydrogen-bond acceptors (Lipinski definition) is 6. The quantitative estimate of drug-likeness (QED) is 0.640. The summed E-state index contributed by atoms with van der Waals surface area (Å²) in [7, 11) is -3.83. The van der Waals surface area contributed by atoms with E-state index in [1.807, 2.05) is 13.8 Å². The van der Waals surface area contributed by atoms with Gasteiger partial charge in [-0.1, -0.05) is 19.9 Å².